The fraction of sp³-hybridized carbons (Fsp3) is 0.467. The summed E-state index contributed by atoms with van der Waals surface area (Å²) >= 11 is 0. The second-order valence-corrected chi connectivity index (χ2v) is 5.17. The maximum atomic E-state index is 12.1. The number of amides is 1. The van der Waals surface area contributed by atoms with Crippen LogP contribution in [0.15, 0.2) is 24.3 Å². The standard InChI is InChI=1S/C15H19NO4/c1-9-4-3-5-11(8-9)10(2)16-14(17)12-6-7-13(20-12)15(18)19/h3-5,8,10,12-13H,6-7H2,1-2H3,(H,16,17)(H,18,19)/t10-,12+,13-/m1/s1. The van der Waals surface area contributed by atoms with Gasteiger partial charge in [0.15, 0.2) is 6.10 Å². The van der Waals surface area contributed by atoms with Crippen molar-refractivity contribution in [2.24, 2.45) is 0 Å². The largest absolute Gasteiger partial charge is 0.479 e. The third-order valence-electron chi connectivity index (χ3n) is 3.49. The molecule has 108 valence electrons. The molecule has 20 heavy (non-hydrogen) atoms. The Balaban J connectivity index is 1.93. The highest BCUT2D eigenvalue weighted by Crippen LogP contribution is 2.21. The molecule has 3 atom stereocenters. The van der Waals surface area contributed by atoms with Crippen LogP contribution < -0.4 is 5.32 Å². The maximum absolute atomic E-state index is 12.1. The Hall–Kier alpha value is -1.88. The molecule has 2 rings (SSSR count). The van der Waals surface area contributed by atoms with Crippen LogP contribution in [0.25, 0.3) is 0 Å². The van der Waals surface area contributed by atoms with Crippen LogP contribution in [0.3, 0.4) is 0 Å². The van der Waals surface area contributed by atoms with E-state index in [1.54, 1.807) is 0 Å². The van der Waals surface area contributed by atoms with Crippen molar-refractivity contribution in [3.63, 3.8) is 0 Å². The van der Waals surface area contributed by atoms with E-state index in [1.165, 1.54) is 0 Å². The second kappa shape index (κ2) is 6.05. The highest BCUT2D eigenvalue weighted by molar-refractivity contribution is 5.83. The molecule has 1 aliphatic heterocycles. The molecule has 5 nitrogen and oxygen atoms in total. The number of carboxylic acid groups (broad SMARTS) is 1. The van der Waals surface area contributed by atoms with Crippen LogP contribution in [0.5, 0.6) is 0 Å². The predicted molar refractivity (Wildman–Crippen MR) is 73.3 cm³/mol. The molecule has 0 unspecified atom stereocenters. The summed E-state index contributed by atoms with van der Waals surface area (Å²) in [6.45, 7) is 3.89. The average Bonchev–Trinajstić information content (AvgIpc) is 2.88. The highest BCUT2D eigenvalue weighted by Gasteiger charge is 2.35. The smallest absolute Gasteiger partial charge is 0.332 e. The monoisotopic (exact) mass is 277 g/mol. The summed E-state index contributed by atoms with van der Waals surface area (Å²) in [7, 11) is 0. The summed E-state index contributed by atoms with van der Waals surface area (Å²) in [5.41, 5.74) is 2.15. The minimum Gasteiger partial charge on any atom is -0.479 e. The van der Waals surface area contributed by atoms with E-state index in [9.17, 15) is 9.59 Å². The van der Waals surface area contributed by atoms with Crippen LogP contribution in [-0.4, -0.2) is 29.2 Å². The topological polar surface area (TPSA) is 75.6 Å². The predicted octanol–water partition coefficient (Wildman–Crippen LogP) is 1.80. The Bertz CT molecular complexity index is 514. The maximum Gasteiger partial charge on any atom is 0.332 e. The summed E-state index contributed by atoms with van der Waals surface area (Å²) in [6.07, 6.45) is -0.696. The van der Waals surface area contributed by atoms with E-state index < -0.39 is 18.2 Å². The number of carboxylic acids is 1. The molecule has 0 aliphatic carbocycles. The molecule has 1 fully saturated rings. The number of carbonyl (C=O) groups excluding carboxylic acids is 1. The van der Waals surface area contributed by atoms with Crippen LogP contribution >= 0.6 is 0 Å². The molecule has 1 amide bonds. The van der Waals surface area contributed by atoms with Gasteiger partial charge in [-0.25, -0.2) is 4.79 Å². The highest BCUT2D eigenvalue weighted by atomic mass is 16.5. The van der Waals surface area contributed by atoms with E-state index in [1.807, 2.05) is 38.1 Å². The second-order valence-electron chi connectivity index (χ2n) is 5.17. The van der Waals surface area contributed by atoms with Crippen LogP contribution in [0, 0.1) is 6.92 Å². The van der Waals surface area contributed by atoms with E-state index in [4.69, 9.17) is 9.84 Å². The molecule has 0 bridgehead atoms. The first-order chi connectivity index (χ1) is 9.47. The molecule has 0 radical (unpaired) electrons. The number of carbonyl (C=O) groups is 2. The average molecular weight is 277 g/mol. The summed E-state index contributed by atoms with van der Waals surface area (Å²) in [6, 6.07) is 7.78. The number of benzene rings is 1. The molecule has 1 heterocycles. The van der Waals surface area contributed by atoms with Crippen molar-refractivity contribution in [1.82, 2.24) is 5.32 Å². The Morgan fingerprint density at radius 3 is 2.65 bits per heavy atom. The van der Waals surface area contributed by atoms with Gasteiger partial charge in [0.25, 0.3) is 0 Å². The zero-order valence-corrected chi connectivity index (χ0v) is 11.6. The van der Waals surface area contributed by atoms with E-state index in [0.29, 0.717) is 12.8 Å². The minimum absolute atomic E-state index is 0.130. The lowest BCUT2D eigenvalue weighted by molar-refractivity contribution is -0.151. The van der Waals surface area contributed by atoms with Crippen LogP contribution in [0.4, 0.5) is 0 Å². The molecule has 1 aromatic rings. The first-order valence-corrected chi connectivity index (χ1v) is 6.72. The van der Waals surface area contributed by atoms with E-state index >= 15 is 0 Å². The van der Waals surface area contributed by atoms with Crippen molar-refractivity contribution in [3.05, 3.63) is 35.4 Å². The van der Waals surface area contributed by atoms with Crippen LogP contribution in [0.1, 0.15) is 36.9 Å². The van der Waals surface area contributed by atoms with Crippen molar-refractivity contribution in [1.29, 1.82) is 0 Å². The summed E-state index contributed by atoms with van der Waals surface area (Å²) < 4.78 is 5.23. The van der Waals surface area contributed by atoms with Gasteiger partial charge in [0.2, 0.25) is 5.91 Å². The van der Waals surface area contributed by atoms with Crippen LogP contribution in [-0.2, 0) is 14.3 Å². The van der Waals surface area contributed by atoms with E-state index in [-0.39, 0.29) is 11.9 Å². The minimum atomic E-state index is -1.01. The van der Waals surface area contributed by atoms with Gasteiger partial charge in [0.05, 0.1) is 6.04 Å². The number of rotatable bonds is 4. The SMILES string of the molecule is Cc1cccc([C@@H](C)NC(=O)[C@@H]2CC[C@H](C(=O)O)O2)c1. The van der Waals surface area contributed by atoms with Gasteiger partial charge < -0.3 is 15.2 Å². The molecular formula is C15H19NO4. The summed E-state index contributed by atoms with van der Waals surface area (Å²) in [4.78, 5) is 22.8. The number of hydrogen-bond acceptors (Lipinski definition) is 3. The Labute approximate surface area is 117 Å². The number of aryl methyl sites for hydroxylation is 1. The fourth-order valence-electron chi connectivity index (χ4n) is 2.34. The fourth-order valence-corrected chi connectivity index (χ4v) is 2.34. The van der Waals surface area contributed by atoms with Crippen molar-refractivity contribution in [2.45, 2.75) is 44.9 Å². The lowest BCUT2D eigenvalue weighted by Crippen LogP contribution is -2.37. The third-order valence-corrected chi connectivity index (χ3v) is 3.49. The van der Waals surface area contributed by atoms with Crippen molar-refractivity contribution >= 4 is 11.9 Å². The van der Waals surface area contributed by atoms with Gasteiger partial charge >= 0.3 is 5.97 Å². The van der Waals surface area contributed by atoms with Crippen molar-refractivity contribution in [3.8, 4) is 0 Å². The van der Waals surface area contributed by atoms with Gasteiger partial charge in [-0.2, -0.15) is 0 Å². The molecule has 0 aromatic heterocycles. The van der Waals surface area contributed by atoms with Crippen molar-refractivity contribution < 1.29 is 19.4 Å². The quantitative estimate of drug-likeness (QED) is 0.880. The number of nitrogens with one attached hydrogen (secondary N) is 1. The van der Waals surface area contributed by atoms with Gasteiger partial charge in [-0.1, -0.05) is 29.8 Å². The van der Waals surface area contributed by atoms with E-state index in [0.717, 1.165) is 11.1 Å². The van der Waals surface area contributed by atoms with Gasteiger partial charge in [0.1, 0.15) is 6.10 Å². The van der Waals surface area contributed by atoms with Crippen LogP contribution in [0.2, 0.25) is 0 Å². The summed E-state index contributed by atoms with van der Waals surface area (Å²) in [5, 5.41) is 11.7. The zero-order valence-electron chi connectivity index (χ0n) is 11.6. The lowest BCUT2D eigenvalue weighted by Gasteiger charge is -2.18. The Kier molecular flexibility index (Phi) is 4.39. The molecule has 1 aromatic carbocycles. The molecule has 1 saturated heterocycles. The van der Waals surface area contributed by atoms with Gasteiger partial charge in [-0.3, -0.25) is 4.79 Å². The molecular weight excluding hydrogens is 258 g/mol. The first-order valence-electron chi connectivity index (χ1n) is 6.72. The molecule has 2 N–H and O–H groups in total. The summed E-state index contributed by atoms with van der Waals surface area (Å²) in [5.74, 6) is -1.25. The molecule has 0 saturated carbocycles. The van der Waals surface area contributed by atoms with Crippen molar-refractivity contribution in [2.75, 3.05) is 0 Å². The molecule has 1 aliphatic rings. The lowest BCUT2D eigenvalue weighted by atomic mass is 10.1. The Morgan fingerprint density at radius 2 is 2.05 bits per heavy atom. The molecule has 0 spiro atoms. The third kappa shape index (κ3) is 3.36. The number of ether oxygens (including phenoxy) is 1. The van der Waals surface area contributed by atoms with Gasteiger partial charge in [0, 0.05) is 0 Å². The van der Waals surface area contributed by atoms with E-state index in [2.05, 4.69) is 5.32 Å². The zero-order chi connectivity index (χ0) is 14.7. The first kappa shape index (κ1) is 14.5. The van der Waals surface area contributed by atoms with Gasteiger partial charge in [-0.05, 0) is 32.3 Å². The normalized spacial score (nSPS) is 23.3. The number of aliphatic carboxylic acids is 1. The molecule has 5 heteroatoms. The number of hydrogen-bond donors (Lipinski definition) is 2. The van der Waals surface area contributed by atoms with Gasteiger partial charge in [-0.15, -0.1) is 0 Å². The Morgan fingerprint density at radius 1 is 1.35 bits per heavy atom.